The summed E-state index contributed by atoms with van der Waals surface area (Å²) < 4.78 is 27.6. The minimum absolute atomic E-state index is 0.259. The lowest BCUT2D eigenvalue weighted by Crippen LogP contribution is -2.34. The van der Waals surface area contributed by atoms with E-state index in [2.05, 4.69) is 10.0 Å². The van der Waals surface area contributed by atoms with Crippen molar-refractivity contribution in [3.63, 3.8) is 0 Å². The van der Waals surface area contributed by atoms with Crippen LogP contribution in [0.4, 0.5) is 11.4 Å². The second-order valence-corrected chi connectivity index (χ2v) is 5.79. The molecule has 0 amide bonds. The van der Waals surface area contributed by atoms with Crippen molar-refractivity contribution in [3.05, 3.63) is 24.3 Å². The molecule has 0 fully saturated rings. The standard InChI is InChI=1S/C11H17N3O3S/c1-12-8-9(15)6-7-14-11-5-3-2-4-10(11)13-18(14,16)17/h2-5,9,12-13,15H,6-8H2,1H3/t9-/m0/s1. The fourth-order valence-electron chi connectivity index (χ4n) is 1.95. The summed E-state index contributed by atoms with van der Waals surface area (Å²) in [7, 11) is -1.76. The Morgan fingerprint density at radius 3 is 2.89 bits per heavy atom. The summed E-state index contributed by atoms with van der Waals surface area (Å²) in [5.74, 6) is 0. The quantitative estimate of drug-likeness (QED) is 0.711. The molecule has 3 N–H and O–H groups in total. The van der Waals surface area contributed by atoms with Crippen LogP contribution in [0.1, 0.15) is 6.42 Å². The Morgan fingerprint density at radius 1 is 1.44 bits per heavy atom. The predicted molar refractivity (Wildman–Crippen MR) is 70.9 cm³/mol. The molecule has 1 aliphatic rings. The maximum absolute atomic E-state index is 11.9. The van der Waals surface area contributed by atoms with Crippen molar-refractivity contribution in [2.24, 2.45) is 0 Å². The Kier molecular flexibility index (Phi) is 3.74. The molecule has 6 nitrogen and oxygen atoms in total. The van der Waals surface area contributed by atoms with Crippen LogP contribution in [0.3, 0.4) is 0 Å². The van der Waals surface area contributed by atoms with E-state index >= 15 is 0 Å². The Labute approximate surface area is 107 Å². The van der Waals surface area contributed by atoms with Gasteiger partial charge >= 0.3 is 10.2 Å². The fourth-order valence-corrected chi connectivity index (χ4v) is 3.27. The number of rotatable bonds is 5. The van der Waals surface area contributed by atoms with Gasteiger partial charge in [-0.15, -0.1) is 0 Å². The Bertz CT molecular complexity index is 518. The molecule has 0 bridgehead atoms. The number of anilines is 2. The smallest absolute Gasteiger partial charge is 0.324 e. The second-order valence-electron chi connectivity index (χ2n) is 4.20. The third-order valence-corrected chi connectivity index (χ3v) is 4.24. The number of fused-ring (bicyclic) bond motifs is 1. The first kappa shape index (κ1) is 13.1. The first-order chi connectivity index (χ1) is 8.54. The van der Waals surface area contributed by atoms with Gasteiger partial charge in [-0.2, -0.15) is 8.42 Å². The van der Waals surface area contributed by atoms with Crippen molar-refractivity contribution in [2.45, 2.75) is 12.5 Å². The zero-order valence-electron chi connectivity index (χ0n) is 10.1. The number of nitrogens with zero attached hydrogens (tertiary/aromatic N) is 1. The summed E-state index contributed by atoms with van der Waals surface area (Å²) in [4.78, 5) is 0. The molecular formula is C11H17N3O3S. The van der Waals surface area contributed by atoms with E-state index in [1.54, 1.807) is 31.3 Å². The van der Waals surface area contributed by atoms with E-state index in [0.717, 1.165) is 0 Å². The number of hydrogen-bond donors (Lipinski definition) is 3. The number of aliphatic hydroxyl groups is 1. The lowest BCUT2D eigenvalue weighted by molar-refractivity contribution is 0.167. The number of likely N-dealkylation sites (N-methyl/N-ethyl adjacent to an activating group) is 1. The molecule has 2 rings (SSSR count). The monoisotopic (exact) mass is 271 g/mol. The zero-order chi connectivity index (χ0) is 13.2. The molecule has 7 heteroatoms. The minimum Gasteiger partial charge on any atom is -0.392 e. The van der Waals surface area contributed by atoms with Crippen LogP contribution in [0.2, 0.25) is 0 Å². The predicted octanol–water partition coefficient (Wildman–Crippen LogP) is 0.134. The summed E-state index contributed by atoms with van der Waals surface area (Å²) in [6.45, 7) is 0.707. The Morgan fingerprint density at radius 2 is 2.17 bits per heavy atom. The third kappa shape index (κ3) is 2.58. The molecule has 1 aliphatic heterocycles. The van der Waals surface area contributed by atoms with Gasteiger partial charge in [0, 0.05) is 13.1 Å². The summed E-state index contributed by atoms with van der Waals surface area (Å²) >= 11 is 0. The van der Waals surface area contributed by atoms with E-state index in [4.69, 9.17) is 0 Å². The van der Waals surface area contributed by atoms with Crippen LogP contribution >= 0.6 is 0 Å². The van der Waals surface area contributed by atoms with E-state index in [9.17, 15) is 13.5 Å². The highest BCUT2D eigenvalue weighted by Gasteiger charge is 2.31. The summed E-state index contributed by atoms with van der Waals surface area (Å²) in [5, 5.41) is 12.5. The van der Waals surface area contributed by atoms with E-state index in [-0.39, 0.29) is 6.54 Å². The minimum atomic E-state index is -3.51. The lowest BCUT2D eigenvalue weighted by atomic mass is 10.2. The average molecular weight is 271 g/mol. The molecule has 0 aromatic heterocycles. The highest BCUT2D eigenvalue weighted by Crippen LogP contribution is 2.35. The number of hydrogen-bond acceptors (Lipinski definition) is 4. The molecule has 1 aromatic carbocycles. The van der Waals surface area contributed by atoms with Gasteiger partial charge in [0.1, 0.15) is 0 Å². The number of benzene rings is 1. The summed E-state index contributed by atoms with van der Waals surface area (Å²) in [6.07, 6.45) is -0.172. The van der Waals surface area contributed by atoms with Gasteiger partial charge in [0.2, 0.25) is 0 Å². The highest BCUT2D eigenvalue weighted by atomic mass is 32.2. The van der Waals surface area contributed by atoms with Crippen LogP contribution in [-0.2, 0) is 10.2 Å². The molecule has 1 aromatic rings. The third-order valence-electron chi connectivity index (χ3n) is 2.81. The van der Waals surface area contributed by atoms with E-state index in [1.807, 2.05) is 0 Å². The first-order valence-electron chi connectivity index (χ1n) is 5.77. The summed E-state index contributed by atoms with van der Waals surface area (Å²) in [6, 6.07) is 7.04. The van der Waals surface area contributed by atoms with Crippen molar-refractivity contribution in [2.75, 3.05) is 29.2 Å². The maximum Gasteiger partial charge on any atom is 0.324 e. The van der Waals surface area contributed by atoms with Gasteiger partial charge in [-0.3, -0.25) is 9.03 Å². The van der Waals surface area contributed by atoms with Gasteiger partial charge in [0.05, 0.1) is 17.5 Å². The Hall–Kier alpha value is -1.31. The van der Waals surface area contributed by atoms with Crippen molar-refractivity contribution in [1.82, 2.24) is 5.32 Å². The molecule has 0 saturated carbocycles. The number of aliphatic hydroxyl groups excluding tert-OH is 1. The topological polar surface area (TPSA) is 81.7 Å². The lowest BCUT2D eigenvalue weighted by Gasteiger charge is -2.18. The van der Waals surface area contributed by atoms with Gasteiger partial charge in [-0.05, 0) is 25.6 Å². The Balaban J connectivity index is 2.12. The van der Waals surface area contributed by atoms with Crippen molar-refractivity contribution < 1.29 is 13.5 Å². The van der Waals surface area contributed by atoms with Crippen LogP contribution in [0.15, 0.2) is 24.3 Å². The van der Waals surface area contributed by atoms with Crippen molar-refractivity contribution in [1.29, 1.82) is 0 Å². The zero-order valence-corrected chi connectivity index (χ0v) is 10.9. The van der Waals surface area contributed by atoms with Crippen molar-refractivity contribution >= 4 is 21.6 Å². The van der Waals surface area contributed by atoms with Crippen LogP contribution in [-0.4, -0.2) is 39.8 Å². The molecule has 0 unspecified atom stereocenters. The first-order valence-corrected chi connectivity index (χ1v) is 7.21. The molecule has 0 aliphatic carbocycles. The van der Waals surface area contributed by atoms with Crippen LogP contribution in [0.25, 0.3) is 0 Å². The van der Waals surface area contributed by atoms with Gasteiger partial charge < -0.3 is 10.4 Å². The largest absolute Gasteiger partial charge is 0.392 e. The molecule has 0 radical (unpaired) electrons. The summed E-state index contributed by atoms with van der Waals surface area (Å²) in [5.41, 5.74) is 1.22. The fraction of sp³-hybridized carbons (Fsp3) is 0.455. The van der Waals surface area contributed by atoms with Gasteiger partial charge in [0.25, 0.3) is 0 Å². The second kappa shape index (κ2) is 5.13. The van der Waals surface area contributed by atoms with Crippen LogP contribution in [0, 0.1) is 0 Å². The number of para-hydroxylation sites is 2. The van der Waals surface area contributed by atoms with Crippen LogP contribution in [0.5, 0.6) is 0 Å². The molecule has 1 atom stereocenters. The average Bonchev–Trinajstić information content (AvgIpc) is 2.56. The van der Waals surface area contributed by atoms with Gasteiger partial charge in [-0.1, -0.05) is 12.1 Å². The normalized spacial score (nSPS) is 18.2. The highest BCUT2D eigenvalue weighted by molar-refractivity contribution is 7.94. The van der Waals surface area contributed by atoms with Gasteiger partial charge in [0.15, 0.2) is 0 Å². The molecular weight excluding hydrogens is 254 g/mol. The SMILES string of the molecule is CNC[C@@H](O)CCN1c2ccccc2NS1(=O)=O. The molecule has 0 spiro atoms. The van der Waals surface area contributed by atoms with E-state index in [0.29, 0.717) is 24.3 Å². The molecule has 1 heterocycles. The molecule has 18 heavy (non-hydrogen) atoms. The van der Waals surface area contributed by atoms with E-state index < -0.39 is 16.3 Å². The maximum atomic E-state index is 11.9. The molecule has 0 saturated heterocycles. The van der Waals surface area contributed by atoms with E-state index in [1.165, 1.54) is 4.31 Å². The number of nitrogens with one attached hydrogen (secondary N) is 2. The van der Waals surface area contributed by atoms with Crippen molar-refractivity contribution in [3.8, 4) is 0 Å². The van der Waals surface area contributed by atoms with Gasteiger partial charge in [-0.25, -0.2) is 0 Å². The van der Waals surface area contributed by atoms with Crippen LogP contribution < -0.4 is 14.3 Å². The molecule has 100 valence electrons.